The van der Waals surface area contributed by atoms with Crippen LogP contribution in [-0.2, 0) is 4.79 Å². The molecule has 0 aliphatic heterocycles. The van der Waals surface area contributed by atoms with Crippen LogP contribution >= 0.6 is 15.9 Å². The molecular formula is C7H9BrF3NO. The molecule has 1 fully saturated rings. The van der Waals surface area contributed by atoms with Crippen molar-refractivity contribution in [1.29, 1.82) is 0 Å². The van der Waals surface area contributed by atoms with Gasteiger partial charge >= 0.3 is 12.1 Å². The summed E-state index contributed by atoms with van der Waals surface area (Å²) >= 11 is 3.22. The van der Waals surface area contributed by atoms with Crippen LogP contribution < -0.4 is 5.32 Å². The Morgan fingerprint density at radius 1 is 1.46 bits per heavy atom. The molecule has 0 unspecified atom stereocenters. The summed E-state index contributed by atoms with van der Waals surface area (Å²) in [6.07, 6.45) is -3.49. The second kappa shape index (κ2) is 3.86. The van der Waals surface area contributed by atoms with Gasteiger partial charge in [0.25, 0.3) is 0 Å². The molecule has 1 aliphatic carbocycles. The van der Waals surface area contributed by atoms with Crippen molar-refractivity contribution in [2.24, 2.45) is 5.92 Å². The highest BCUT2D eigenvalue weighted by atomic mass is 79.9. The van der Waals surface area contributed by atoms with E-state index in [9.17, 15) is 18.0 Å². The first kappa shape index (κ1) is 10.8. The van der Waals surface area contributed by atoms with E-state index < -0.39 is 12.1 Å². The summed E-state index contributed by atoms with van der Waals surface area (Å²) in [5.41, 5.74) is 0. The van der Waals surface area contributed by atoms with E-state index in [-0.39, 0.29) is 6.04 Å². The van der Waals surface area contributed by atoms with Crippen LogP contribution in [0.5, 0.6) is 0 Å². The minimum atomic E-state index is -4.75. The van der Waals surface area contributed by atoms with Crippen LogP contribution in [0.4, 0.5) is 13.2 Å². The lowest BCUT2D eigenvalue weighted by Crippen LogP contribution is -2.49. The fraction of sp³-hybridized carbons (Fsp3) is 0.857. The van der Waals surface area contributed by atoms with E-state index in [2.05, 4.69) is 15.9 Å². The number of carbonyl (C=O) groups excluding carboxylic acids is 1. The van der Waals surface area contributed by atoms with E-state index in [0.29, 0.717) is 18.8 Å². The largest absolute Gasteiger partial charge is 0.471 e. The Balaban J connectivity index is 2.25. The van der Waals surface area contributed by atoms with Gasteiger partial charge in [-0.15, -0.1) is 0 Å². The molecule has 1 N–H and O–H groups in total. The normalized spacial score (nSPS) is 28.0. The summed E-state index contributed by atoms with van der Waals surface area (Å²) < 4.78 is 35.2. The first-order chi connectivity index (χ1) is 5.93. The SMILES string of the molecule is O=C(NC1CC(CBr)C1)C(F)(F)F. The van der Waals surface area contributed by atoms with Crippen LogP contribution in [0, 0.1) is 5.92 Å². The zero-order valence-corrected chi connectivity index (χ0v) is 8.28. The molecule has 0 atom stereocenters. The van der Waals surface area contributed by atoms with Gasteiger partial charge in [0.1, 0.15) is 0 Å². The van der Waals surface area contributed by atoms with Gasteiger partial charge in [-0.05, 0) is 18.8 Å². The van der Waals surface area contributed by atoms with Crippen LogP contribution in [-0.4, -0.2) is 23.5 Å². The average molecular weight is 260 g/mol. The van der Waals surface area contributed by atoms with E-state index in [4.69, 9.17) is 0 Å². The van der Waals surface area contributed by atoms with E-state index in [0.717, 1.165) is 5.33 Å². The first-order valence-corrected chi connectivity index (χ1v) is 4.99. The maximum absolute atomic E-state index is 11.7. The molecule has 1 saturated carbocycles. The van der Waals surface area contributed by atoms with Gasteiger partial charge < -0.3 is 5.32 Å². The van der Waals surface area contributed by atoms with Gasteiger partial charge in [0, 0.05) is 11.4 Å². The monoisotopic (exact) mass is 259 g/mol. The highest BCUT2D eigenvalue weighted by Crippen LogP contribution is 2.29. The number of amides is 1. The van der Waals surface area contributed by atoms with Gasteiger partial charge in [0.2, 0.25) is 0 Å². The van der Waals surface area contributed by atoms with Crippen LogP contribution in [0.25, 0.3) is 0 Å². The van der Waals surface area contributed by atoms with Crippen molar-refractivity contribution in [3.63, 3.8) is 0 Å². The van der Waals surface area contributed by atoms with Gasteiger partial charge in [-0.3, -0.25) is 4.79 Å². The van der Waals surface area contributed by atoms with Gasteiger partial charge in [0.15, 0.2) is 0 Å². The number of hydrogen-bond donors (Lipinski definition) is 1. The molecule has 13 heavy (non-hydrogen) atoms. The van der Waals surface area contributed by atoms with Crippen LogP contribution in [0.15, 0.2) is 0 Å². The summed E-state index contributed by atoms with van der Waals surface area (Å²) in [6.45, 7) is 0. The second-order valence-electron chi connectivity index (χ2n) is 3.16. The van der Waals surface area contributed by atoms with Gasteiger partial charge in [-0.25, -0.2) is 0 Å². The quantitative estimate of drug-likeness (QED) is 0.754. The number of hydrogen-bond acceptors (Lipinski definition) is 1. The van der Waals surface area contributed by atoms with Crippen molar-refractivity contribution in [1.82, 2.24) is 5.32 Å². The fourth-order valence-electron chi connectivity index (χ4n) is 1.25. The number of carbonyl (C=O) groups is 1. The van der Waals surface area contributed by atoms with Gasteiger partial charge in [0.05, 0.1) is 0 Å². The van der Waals surface area contributed by atoms with Crippen molar-refractivity contribution >= 4 is 21.8 Å². The fourth-order valence-corrected chi connectivity index (χ4v) is 1.78. The van der Waals surface area contributed by atoms with E-state index in [1.807, 2.05) is 5.32 Å². The van der Waals surface area contributed by atoms with Crippen LogP contribution in [0.2, 0.25) is 0 Å². The summed E-state index contributed by atoms with van der Waals surface area (Å²) in [7, 11) is 0. The number of rotatable bonds is 2. The number of halogens is 4. The Bertz CT molecular complexity index is 200. The van der Waals surface area contributed by atoms with E-state index >= 15 is 0 Å². The molecule has 0 spiro atoms. The molecule has 0 aromatic rings. The smallest absolute Gasteiger partial charge is 0.346 e. The molecule has 0 aromatic carbocycles. The standard InChI is InChI=1S/C7H9BrF3NO/c8-3-4-1-5(2-4)12-6(13)7(9,10)11/h4-5H,1-3H2,(H,12,13). The van der Waals surface area contributed by atoms with Gasteiger partial charge in [-0.2, -0.15) is 13.2 Å². The molecule has 0 bridgehead atoms. The summed E-state index contributed by atoms with van der Waals surface area (Å²) in [4.78, 5) is 10.4. The van der Waals surface area contributed by atoms with Crippen molar-refractivity contribution < 1.29 is 18.0 Å². The third-order valence-corrected chi connectivity index (χ3v) is 2.96. The highest BCUT2D eigenvalue weighted by Gasteiger charge is 2.41. The molecule has 1 rings (SSSR count). The third-order valence-electron chi connectivity index (χ3n) is 2.05. The Kier molecular flexibility index (Phi) is 3.21. The van der Waals surface area contributed by atoms with E-state index in [1.165, 1.54) is 0 Å². The molecule has 0 aromatic heterocycles. The molecular weight excluding hydrogens is 251 g/mol. The summed E-state index contributed by atoms with van der Waals surface area (Å²) in [5, 5.41) is 2.72. The minimum absolute atomic E-state index is 0.295. The Hall–Kier alpha value is -0.260. The molecule has 1 amide bonds. The Labute approximate surface area is 82.0 Å². The topological polar surface area (TPSA) is 29.1 Å². The third kappa shape index (κ3) is 2.86. The molecule has 1 aliphatic rings. The molecule has 2 nitrogen and oxygen atoms in total. The summed E-state index contributed by atoms with van der Waals surface area (Å²) in [5.74, 6) is -1.43. The van der Waals surface area contributed by atoms with Crippen LogP contribution in [0.1, 0.15) is 12.8 Å². The lowest BCUT2D eigenvalue weighted by atomic mass is 9.82. The van der Waals surface area contributed by atoms with E-state index in [1.54, 1.807) is 0 Å². The van der Waals surface area contributed by atoms with Crippen molar-refractivity contribution in [2.75, 3.05) is 5.33 Å². The molecule has 6 heteroatoms. The second-order valence-corrected chi connectivity index (χ2v) is 3.81. The zero-order chi connectivity index (χ0) is 10.1. The maximum Gasteiger partial charge on any atom is 0.471 e. The van der Waals surface area contributed by atoms with Crippen molar-refractivity contribution in [2.45, 2.75) is 25.1 Å². The maximum atomic E-state index is 11.7. The van der Waals surface area contributed by atoms with Crippen LogP contribution in [0.3, 0.4) is 0 Å². The predicted molar refractivity (Wildman–Crippen MR) is 44.5 cm³/mol. The average Bonchev–Trinajstić information content (AvgIpc) is 1.93. The lowest BCUT2D eigenvalue weighted by molar-refractivity contribution is -0.175. The molecule has 0 saturated heterocycles. The highest BCUT2D eigenvalue weighted by molar-refractivity contribution is 9.09. The molecule has 0 radical (unpaired) electrons. The minimum Gasteiger partial charge on any atom is -0.346 e. The predicted octanol–water partition coefficient (Wildman–Crippen LogP) is 1.84. The molecule has 0 heterocycles. The zero-order valence-electron chi connectivity index (χ0n) is 6.70. The number of alkyl halides is 4. The summed E-state index contributed by atoms with van der Waals surface area (Å²) in [6, 6.07) is -0.295. The lowest BCUT2D eigenvalue weighted by Gasteiger charge is -2.34. The number of nitrogens with one attached hydrogen (secondary N) is 1. The van der Waals surface area contributed by atoms with Crippen molar-refractivity contribution in [3.8, 4) is 0 Å². The molecule has 76 valence electrons. The Morgan fingerprint density at radius 2 is 2.00 bits per heavy atom. The Morgan fingerprint density at radius 3 is 2.38 bits per heavy atom. The first-order valence-electron chi connectivity index (χ1n) is 3.87. The van der Waals surface area contributed by atoms with Gasteiger partial charge in [-0.1, -0.05) is 15.9 Å². The van der Waals surface area contributed by atoms with Crippen molar-refractivity contribution in [3.05, 3.63) is 0 Å².